The second-order valence-electron chi connectivity index (χ2n) is 5.03. The van der Waals surface area contributed by atoms with Gasteiger partial charge in [0.1, 0.15) is 0 Å². The summed E-state index contributed by atoms with van der Waals surface area (Å²) in [6.45, 7) is 1.87. The van der Waals surface area contributed by atoms with Gasteiger partial charge in [-0.3, -0.25) is 4.21 Å². The lowest BCUT2D eigenvalue weighted by molar-refractivity contribution is 0.685. The maximum atomic E-state index is 11.6. The summed E-state index contributed by atoms with van der Waals surface area (Å²) in [5, 5.41) is 13.3. The minimum absolute atomic E-state index is 0.500. The Hall–Kier alpha value is -1.47. The molecule has 3 rings (SSSR count). The van der Waals surface area contributed by atoms with Crippen LogP contribution in [0.1, 0.15) is 5.56 Å². The number of para-hydroxylation sites is 1. The van der Waals surface area contributed by atoms with Crippen LogP contribution >= 0.6 is 34.5 Å². The van der Waals surface area contributed by atoms with E-state index in [0.717, 1.165) is 22.5 Å². The Balaban J connectivity index is 2.01. The van der Waals surface area contributed by atoms with E-state index in [1.54, 1.807) is 12.3 Å². The van der Waals surface area contributed by atoms with Crippen LogP contribution in [-0.2, 0) is 10.8 Å². The van der Waals surface area contributed by atoms with Crippen LogP contribution in [0.4, 0.5) is 11.4 Å². The van der Waals surface area contributed by atoms with Crippen molar-refractivity contribution in [3.05, 3.63) is 52.0 Å². The Bertz CT molecular complexity index is 927. The first kappa shape index (κ1) is 17.4. The van der Waals surface area contributed by atoms with Gasteiger partial charge in [-0.25, -0.2) is 0 Å². The van der Waals surface area contributed by atoms with Crippen molar-refractivity contribution in [2.75, 3.05) is 11.6 Å². The predicted molar refractivity (Wildman–Crippen MR) is 102 cm³/mol. The maximum absolute atomic E-state index is 11.6. The monoisotopic (exact) mass is 397 g/mol. The summed E-state index contributed by atoms with van der Waals surface area (Å²) in [4.78, 5) is 0. The van der Waals surface area contributed by atoms with Crippen molar-refractivity contribution in [1.82, 2.24) is 10.2 Å². The third kappa shape index (κ3) is 3.47. The molecule has 0 saturated carbocycles. The number of hydrogen-bond acceptors (Lipinski definition) is 5. The minimum atomic E-state index is -1.15. The van der Waals surface area contributed by atoms with E-state index in [9.17, 15) is 4.21 Å². The van der Waals surface area contributed by atoms with Crippen molar-refractivity contribution in [2.24, 2.45) is 0 Å². The number of aromatic nitrogens is 2. The lowest BCUT2D eigenvalue weighted by atomic mass is 10.1. The van der Waals surface area contributed by atoms with Gasteiger partial charge in [0.25, 0.3) is 0 Å². The highest BCUT2D eigenvalue weighted by Crippen LogP contribution is 2.37. The quantitative estimate of drug-likeness (QED) is 0.648. The van der Waals surface area contributed by atoms with Crippen LogP contribution in [0.3, 0.4) is 0 Å². The molecule has 2 aromatic carbocycles. The van der Waals surface area contributed by atoms with Crippen LogP contribution in [-0.4, -0.2) is 20.7 Å². The van der Waals surface area contributed by atoms with Crippen LogP contribution < -0.4 is 5.32 Å². The van der Waals surface area contributed by atoms with Crippen molar-refractivity contribution >= 4 is 56.7 Å². The molecule has 0 bridgehead atoms. The summed E-state index contributed by atoms with van der Waals surface area (Å²) in [5.41, 5.74) is 3.29. The van der Waals surface area contributed by atoms with Gasteiger partial charge in [0.15, 0.2) is 5.01 Å². The number of anilines is 2. The topological polar surface area (TPSA) is 54.9 Å². The van der Waals surface area contributed by atoms with Crippen molar-refractivity contribution in [2.45, 2.75) is 11.3 Å². The summed E-state index contributed by atoms with van der Waals surface area (Å²) in [7, 11) is -1.15. The Labute approximate surface area is 156 Å². The fourth-order valence-electron chi connectivity index (χ4n) is 2.12. The maximum Gasteiger partial charge on any atom is 0.204 e. The van der Waals surface area contributed by atoms with E-state index in [0.29, 0.717) is 19.4 Å². The standard InChI is InChI=1S/C16H13Cl2N3OS2/c1-9-11(17)7-8-13(14(9)18)19-12-6-4-3-5-10(12)15-20-21-16(23-15)24(2)22/h3-8,19H,1-2H3. The van der Waals surface area contributed by atoms with Crippen molar-refractivity contribution in [1.29, 1.82) is 0 Å². The Morgan fingerprint density at radius 3 is 2.54 bits per heavy atom. The smallest absolute Gasteiger partial charge is 0.204 e. The molecule has 0 spiro atoms. The third-order valence-electron chi connectivity index (χ3n) is 3.40. The van der Waals surface area contributed by atoms with E-state index in [1.165, 1.54) is 11.3 Å². The predicted octanol–water partition coefficient (Wildman–Crippen LogP) is 5.30. The lowest BCUT2D eigenvalue weighted by Gasteiger charge is -2.13. The van der Waals surface area contributed by atoms with E-state index in [1.807, 2.05) is 37.3 Å². The molecule has 0 saturated heterocycles. The van der Waals surface area contributed by atoms with Crippen molar-refractivity contribution in [3.8, 4) is 10.6 Å². The van der Waals surface area contributed by atoms with Crippen LogP contribution in [0.2, 0.25) is 10.0 Å². The van der Waals surface area contributed by atoms with E-state index >= 15 is 0 Å². The molecule has 4 nitrogen and oxygen atoms in total. The molecule has 0 radical (unpaired) electrons. The molecule has 1 atom stereocenters. The first-order valence-corrected chi connectivity index (χ1v) is 10.1. The highest BCUT2D eigenvalue weighted by molar-refractivity contribution is 7.86. The normalized spacial score (nSPS) is 12.2. The highest BCUT2D eigenvalue weighted by atomic mass is 35.5. The van der Waals surface area contributed by atoms with Crippen LogP contribution in [0.25, 0.3) is 10.6 Å². The van der Waals surface area contributed by atoms with Crippen molar-refractivity contribution in [3.63, 3.8) is 0 Å². The van der Waals surface area contributed by atoms with Gasteiger partial charge in [0, 0.05) is 22.5 Å². The molecular weight excluding hydrogens is 385 g/mol. The van der Waals surface area contributed by atoms with Gasteiger partial charge < -0.3 is 5.32 Å². The largest absolute Gasteiger partial charge is 0.354 e. The van der Waals surface area contributed by atoms with Gasteiger partial charge in [-0.15, -0.1) is 10.2 Å². The summed E-state index contributed by atoms with van der Waals surface area (Å²) in [6, 6.07) is 11.3. The van der Waals surface area contributed by atoms with Gasteiger partial charge in [-0.1, -0.05) is 46.7 Å². The zero-order valence-electron chi connectivity index (χ0n) is 12.8. The number of benzene rings is 2. The molecular formula is C16H13Cl2N3OS2. The SMILES string of the molecule is Cc1c(Cl)ccc(Nc2ccccc2-c2nnc(S(C)=O)s2)c1Cl. The third-order valence-corrected chi connectivity index (χ3v) is 6.57. The highest BCUT2D eigenvalue weighted by Gasteiger charge is 2.14. The van der Waals surface area contributed by atoms with E-state index in [4.69, 9.17) is 23.2 Å². The lowest BCUT2D eigenvalue weighted by Crippen LogP contribution is -1.95. The van der Waals surface area contributed by atoms with Crippen LogP contribution in [0, 0.1) is 6.92 Å². The molecule has 0 aliphatic heterocycles. The average molecular weight is 398 g/mol. The molecule has 0 fully saturated rings. The Kier molecular flexibility index (Phi) is 5.20. The molecule has 0 aliphatic rings. The van der Waals surface area contributed by atoms with Gasteiger partial charge in [0.05, 0.1) is 21.5 Å². The van der Waals surface area contributed by atoms with Crippen LogP contribution in [0.15, 0.2) is 40.7 Å². The average Bonchev–Trinajstić information content (AvgIpc) is 3.06. The fourth-order valence-corrected chi connectivity index (χ4v) is 4.01. The molecule has 0 amide bonds. The zero-order valence-corrected chi connectivity index (χ0v) is 16.0. The summed E-state index contributed by atoms with van der Waals surface area (Å²) < 4.78 is 12.1. The number of nitrogens with one attached hydrogen (secondary N) is 1. The van der Waals surface area contributed by atoms with Gasteiger partial charge in [0.2, 0.25) is 4.34 Å². The molecule has 8 heteroatoms. The first-order chi connectivity index (χ1) is 11.5. The Morgan fingerprint density at radius 2 is 1.83 bits per heavy atom. The number of rotatable bonds is 4. The number of halogens is 2. The van der Waals surface area contributed by atoms with Crippen molar-refractivity contribution < 1.29 is 4.21 Å². The van der Waals surface area contributed by atoms with E-state index < -0.39 is 10.8 Å². The molecule has 1 aromatic heterocycles. The number of nitrogens with zero attached hydrogens (tertiary/aromatic N) is 2. The number of hydrogen-bond donors (Lipinski definition) is 1. The second kappa shape index (κ2) is 7.19. The first-order valence-electron chi connectivity index (χ1n) is 6.95. The van der Waals surface area contributed by atoms with Gasteiger partial charge >= 0.3 is 0 Å². The Morgan fingerprint density at radius 1 is 1.08 bits per heavy atom. The molecule has 1 heterocycles. The fraction of sp³-hybridized carbons (Fsp3) is 0.125. The molecule has 1 unspecified atom stereocenters. The molecule has 1 N–H and O–H groups in total. The van der Waals surface area contributed by atoms with Gasteiger partial charge in [-0.2, -0.15) is 0 Å². The van der Waals surface area contributed by atoms with E-state index in [2.05, 4.69) is 15.5 Å². The zero-order chi connectivity index (χ0) is 17.3. The summed E-state index contributed by atoms with van der Waals surface area (Å²) in [5.74, 6) is 0. The van der Waals surface area contributed by atoms with Gasteiger partial charge in [-0.05, 0) is 36.8 Å². The molecule has 0 aliphatic carbocycles. The second-order valence-corrected chi connectivity index (χ2v) is 8.35. The minimum Gasteiger partial charge on any atom is -0.354 e. The van der Waals surface area contributed by atoms with E-state index in [-0.39, 0.29) is 0 Å². The molecule has 24 heavy (non-hydrogen) atoms. The van der Waals surface area contributed by atoms with Crippen LogP contribution in [0.5, 0.6) is 0 Å². The summed E-state index contributed by atoms with van der Waals surface area (Å²) >= 11 is 13.8. The molecule has 124 valence electrons. The molecule has 3 aromatic rings. The summed E-state index contributed by atoms with van der Waals surface area (Å²) in [6.07, 6.45) is 1.59.